The summed E-state index contributed by atoms with van der Waals surface area (Å²) >= 11 is 0. The largest absolute Gasteiger partial charge is 2.00 e. The molecule has 0 saturated heterocycles. The van der Waals surface area contributed by atoms with E-state index in [1.54, 1.807) is 0 Å². The minimum absolute atomic E-state index is 0. The molecule has 0 aliphatic heterocycles. The van der Waals surface area contributed by atoms with Crippen molar-refractivity contribution in [1.29, 1.82) is 0 Å². The van der Waals surface area contributed by atoms with E-state index in [2.05, 4.69) is 169 Å². The second-order valence-corrected chi connectivity index (χ2v) is 51.7. The first kappa shape index (κ1) is 224. The van der Waals surface area contributed by atoms with Crippen molar-refractivity contribution in [2.24, 2.45) is 47.3 Å². The fourth-order valence-corrected chi connectivity index (χ4v) is 22.5. The number of hydrogen-bond acceptors (Lipinski definition) is 3. The van der Waals surface area contributed by atoms with E-state index in [1.807, 2.05) is 0 Å². The minimum atomic E-state index is -3.95. The van der Waals surface area contributed by atoms with Crippen LogP contribution in [0.25, 0.3) is 0 Å². The zero-order valence-corrected chi connectivity index (χ0v) is 123. The van der Waals surface area contributed by atoms with Gasteiger partial charge < -0.3 is 216 Å². The van der Waals surface area contributed by atoms with Crippen molar-refractivity contribution in [3.63, 3.8) is 0 Å². The molecular weight excluding hydrogens is 2350 g/mol. The van der Waals surface area contributed by atoms with Gasteiger partial charge in [-0.05, 0) is 120 Å². The van der Waals surface area contributed by atoms with Gasteiger partial charge in [-0.2, -0.15) is 0 Å². The van der Waals surface area contributed by atoms with Gasteiger partial charge >= 0.3 is 149 Å². The van der Waals surface area contributed by atoms with E-state index in [4.69, 9.17) is 0 Å². The van der Waals surface area contributed by atoms with Gasteiger partial charge in [0.05, 0.1) is 231 Å². The van der Waals surface area contributed by atoms with Crippen LogP contribution in [-0.4, -0.2) is 275 Å². The molecule has 14 rings (SSSR count). The van der Waals surface area contributed by atoms with Gasteiger partial charge in [-0.25, -0.2) is 8.42 Å². The molecule has 0 spiro atoms. The standard InChI is InChI=1S/C14H32N2.2C11H24N.C10H22N.3C9H20N.C6H12.C5H10O3S.5C5H10.14CH3.2BrH.3ClH.7Fe.Na/c1-15(2,3)11-8-12-16(4,5)13-14-9-6-7-10-14;1-12(2,3)10-6-9-11-7-4-5-8-11;1-4-12(2,3)10-9-11-7-5-6-8-11;1-11(2,3)9-8-10-6-4-5-7-10;3*1-10(2,3)8-9-6-4-5-7-9;1-6-4-2-3-5-6;6-9(7,8)5-3-1-2-4-5;5*1-2-4-5-3-1;;;;;;;;;;;;;;;;;;;;;;;;;;;/h14H,6-13H2,1-5H3;2*11H,4-10H2,1-3H3;10H,4-9H2,1-3H3;3*9H,4-8H2,1-3H3;6H,2-5H2,1H3;5H,1-4H2,(H,6,7,8);5*1-5H2;14*1H3;5*1H;;;;;;;;/q+2;6*+1;;;;;;;;14*-1;;;;;;7*+2;+1/p-6. The van der Waals surface area contributed by atoms with Crippen molar-refractivity contribution in [2.45, 2.75) is 443 Å². The molecular formula is C123H275Br2Cl3Fe7N8NaO3S+3. The first-order chi connectivity index (χ1) is 56.8. The third kappa shape index (κ3) is 154. The summed E-state index contributed by atoms with van der Waals surface area (Å²) in [6.45, 7) is 18.1. The second-order valence-electron chi connectivity index (χ2n) is 50.0. The molecule has 0 aromatic rings. The maximum atomic E-state index is 10.3. The Morgan fingerprint density at radius 3 is 0.547 bits per heavy atom. The van der Waals surface area contributed by atoms with E-state index in [-0.39, 0.29) is 324 Å². The van der Waals surface area contributed by atoms with Gasteiger partial charge in [-0.1, -0.05) is 334 Å². The molecule has 0 atom stereocenters. The summed E-state index contributed by atoms with van der Waals surface area (Å²) in [5.74, 6) is 8.35. The van der Waals surface area contributed by atoms with Crippen LogP contribution in [-0.2, 0) is 130 Å². The van der Waals surface area contributed by atoms with E-state index >= 15 is 0 Å². The molecule has 0 bridgehead atoms. The number of rotatable bonds is 24. The number of nitrogens with zero attached hydrogens (tertiary/aromatic N) is 8. The van der Waals surface area contributed by atoms with Gasteiger partial charge in [-0.15, -0.1) is 0 Å². The summed E-state index contributed by atoms with van der Waals surface area (Å²) in [5.41, 5.74) is 0. The molecule has 0 amide bonds. The van der Waals surface area contributed by atoms with Gasteiger partial charge in [0.2, 0.25) is 0 Å². The van der Waals surface area contributed by atoms with E-state index in [0.29, 0.717) is 12.8 Å². The Balaban J connectivity index is -0.0000000425. The Morgan fingerprint density at radius 2 is 0.378 bits per heavy atom. The van der Waals surface area contributed by atoms with Crippen LogP contribution in [0.15, 0.2) is 0 Å². The monoisotopic (exact) mass is 2620 g/mol. The molecule has 148 heavy (non-hydrogen) atoms. The molecule has 14 aliphatic carbocycles. The second kappa shape index (κ2) is 133. The molecule has 14 fully saturated rings. The van der Waals surface area contributed by atoms with E-state index in [1.165, 1.54) is 473 Å². The molecule has 0 N–H and O–H groups in total. The topological polar surface area (TPSA) is 57.2 Å². The molecule has 920 valence electrons. The summed E-state index contributed by atoms with van der Waals surface area (Å²) in [4.78, 5) is 0. The molecule has 0 radical (unpaired) electrons. The molecule has 0 unspecified atom stereocenters. The van der Waals surface area contributed by atoms with Gasteiger partial charge in [0, 0.05) is 35.3 Å². The first-order valence-corrected chi connectivity index (χ1v) is 55.7. The van der Waals surface area contributed by atoms with Crippen molar-refractivity contribution in [1.82, 2.24) is 0 Å². The third-order valence-electron chi connectivity index (χ3n) is 29.3. The number of hydrogen-bond donors (Lipinski definition) is 0. The van der Waals surface area contributed by atoms with Gasteiger partial charge in [-0.3, -0.25) is 0 Å². The summed E-state index contributed by atoms with van der Waals surface area (Å²) in [6, 6.07) is 0. The van der Waals surface area contributed by atoms with Gasteiger partial charge in [0.25, 0.3) is 0 Å². The Morgan fingerprint density at radius 1 is 0.209 bits per heavy atom. The van der Waals surface area contributed by atoms with Crippen LogP contribution >= 0.6 is 0 Å². The van der Waals surface area contributed by atoms with Crippen LogP contribution in [0.2, 0.25) is 0 Å². The quantitative estimate of drug-likeness (QED) is 0.0419. The maximum Gasteiger partial charge on any atom is 2.00 e. The average Bonchev–Trinajstić information content (AvgIpc) is 1.75. The van der Waals surface area contributed by atoms with E-state index in [0.717, 1.165) is 87.1 Å². The zero-order valence-electron chi connectivity index (χ0n) is 108. The Hall–Kier alpha value is 6.06. The minimum Gasteiger partial charge on any atom is -1.00 e. The van der Waals surface area contributed by atoms with Crippen LogP contribution in [0.3, 0.4) is 0 Å². The number of halogens is 5. The van der Waals surface area contributed by atoms with Crippen LogP contribution in [0.4, 0.5) is 0 Å². The molecule has 0 aromatic carbocycles. The van der Waals surface area contributed by atoms with Crippen molar-refractivity contribution in [2.75, 3.05) is 220 Å². The van der Waals surface area contributed by atoms with Crippen molar-refractivity contribution in [3.8, 4) is 0 Å². The Bertz CT molecular complexity index is 2280. The predicted molar refractivity (Wildman–Crippen MR) is 628 cm³/mol. The van der Waals surface area contributed by atoms with Crippen LogP contribution < -0.4 is 101 Å². The Kier molecular flexibility index (Phi) is 201. The van der Waals surface area contributed by atoms with Crippen molar-refractivity contribution < 1.29 is 269 Å². The molecule has 0 aromatic heterocycles. The molecule has 11 nitrogen and oxygen atoms in total. The summed E-state index contributed by atoms with van der Waals surface area (Å²) in [7, 11) is 46.7. The maximum absolute atomic E-state index is 10.3. The first-order valence-electron chi connectivity index (χ1n) is 54.2. The molecule has 14 saturated carbocycles. The van der Waals surface area contributed by atoms with Crippen LogP contribution in [0.1, 0.15) is 438 Å². The van der Waals surface area contributed by atoms with Gasteiger partial charge in [0.1, 0.15) is 0 Å². The molecule has 0 heterocycles. The number of quaternary nitrogens is 8. The molecule has 14 aliphatic rings. The van der Waals surface area contributed by atoms with Crippen LogP contribution in [0.5, 0.6) is 0 Å². The fourth-order valence-electron chi connectivity index (χ4n) is 21.6. The Labute approximate surface area is 1080 Å². The average molecular weight is 2630 g/mol. The zero-order chi connectivity index (χ0) is 90.4. The van der Waals surface area contributed by atoms with E-state index < -0.39 is 15.4 Å². The third-order valence-corrected chi connectivity index (χ3v) is 30.6. The van der Waals surface area contributed by atoms with Crippen molar-refractivity contribution >= 4 is 10.1 Å². The normalized spacial score (nSPS) is 17.8. The van der Waals surface area contributed by atoms with Crippen LogP contribution in [0, 0.1) is 151 Å². The van der Waals surface area contributed by atoms with Crippen molar-refractivity contribution in [3.05, 3.63) is 104 Å². The summed E-state index contributed by atoms with van der Waals surface area (Å²) in [6.07, 6.45) is 95.2. The fraction of sp³-hybridized carbons (Fsp3) is 0.886. The van der Waals surface area contributed by atoms with E-state index in [9.17, 15) is 13.0 Å². The SMILES string of the molecule is C1CCCC1.C1CCCC1.C1CCCC1.C1CCCC1.C1CCCC1.CC1CCCC1.CC[N+](C)(C)CCC1CCCC1.C[N+](C)(C)CC1CCCC1.C[N+](C)(C)CC1CCCC1.C[N+](C)(C)CC1CCCC1.C[N+](C)(C)CCC1CCCC1.C[N+](C)(C)CCCC1CCCC1.C[N+](C)(C)CCC[N+](C)(C)CC1CCCC1.O=S(=O)([O-])C1CCCC1.[Br-].[Br-].[CH3-].[CH3-].[CH3-].[CH3-].[CH3-].[CH3-].[CH3-].[CH3-].[CH3-].[CH3-].[CH3-].[CH3-].[CH3-].[CH3-].[Cl-].[Cl-].[Cl-].[Fe+2].[Fe+2].[Fe+2].[Fe+2].[Fe+2].[Fe+2].[Fe+2].[Na+]. The van der Waals surface area contributed by atoms with Gasteiger partial charge in [0.15, 0.2) is 0 Å². The molecule has 25 heteroatoms. The predicted octanol–water partition coefficient (Wildman–Crippen LogP) is 16.3. The summed E-state index contributed by atoms with van der Waals surface area (Å²) in [5, 5.41) is -0.572. The smallest absolute Gasteiger partial charge is 1.00 e. The summed E-state index contributed by atoms with van der Waals surface area (Å²) < 4.78 is 40.1.